The number of hydrogen-bond acceptors (Lipinski definition) is 1. The van der Waals surface area contributed by atoms with Gasteiger partial charge < -0.3 is 17.5 Å². The highest BCUT2D eigenvalue weighted by atomic mass is 35.5. The third-order valence-corrected chi connectivity index (χ3v) is 11.5. The maximum Gasteiger partial charge on any atom is 0.0825 e. The Morgan fingerprint density at radius 3 is 0.966 bits per heavy atom. The Hall–Kier alpha value is 0.680. The standard InChI is InChI=1S/C26H56OP.ClH/c1-4-7-10-13-16-19-23-28(26-22-27,24-20-17-14-11-8-5-2)25-21-18-15-12-9-6-3;/h27H,4-26H2,1-3H3;1H/q+1;/p-1. The van der Waals surface area contributed by atoms with Crippen LogP contribution in [0.1, 0.15) is 136 Å². The zero-order valence-electron chi connectivity index (χ0n) is 20.5. The summed E-state index contributed by atoms with van der Waals surface area (Å²) in [5.41, 5.74) is 0. The summed E-state index contributed by atoms with van der Waals surface area (Å²) < 4.78 is 0. The largest absolute Gasteiger partial charge is 1.00 e. The molecule has 1 nitrogen and oxygen atoms in total. The molecule has 0 aromatic rings. The minimum atomic E-state index is -0.913. The van der Waals surface area contributed by atoms with Gasteiger partial charge in [0.1, 0.15) is 0 Å². The van der Waals surface area contributed by atoms with Crippen LogP contribution in [0.2, 0.25) is 0 Å². The van der Waals surface area contributed by atoms with Crippen molar-refractivity contribution < 1.29 is 17.5 Å². The van der Waals surface area contributed by atoms with E-state index in [0.717, 1.165) is 6.16 Å². The molecule has 0 spiro atoms. The summed E-state index contributed by atoms with van der Waals surface area (Å²) in [6.07, 6.45) is 31.0. The fourth-order valence-electron chi connectivity index (χ4n) is 4.57. The molecule has 1 N–H and O–H groups in total. The van der Waals surface area contributed by atoms with E-state index in [2.05, 4.69) is 20.8 Å². The molecular weight excluding hydrogens is 395 g/mol. The zero-order chi connectivity index (χ0) is 20.8. The molecule has 0 bridgehead atoms. The van der Waals surface area contributed by atoms with Crippen LogP contribution in [-0.4, -0.2) is 36.4 Å². The summed E-state index contributed by atoms with van der Waals surface area (Å²) in [5.74, 6) is 0. The molecule has 0 aliphatic carbocycles. The number of aliphatic hydroxyl groups is 1. The van der Waals surface area contributed by atoms with Crippen molar-refractivity contribution >= 4 is 7.26 Å². The molecule has 29 heavy (non-hydrogen) atoms. The first-order valence-electron chi connectivity index (χ1n) is 13.2. The molecule has 0 aromatic carbocycles. The highest BCUT2D eigenvalue weighted by Gasteiger charge is 2.34. The molecule has 0 aromatic heterocycles. The predicted octanol–water partition coefficient (Wildman–Crippen LogP) is 6.08. The summed E-state index contributed by atoms with van der Waals surface area (Å²) in [6.45, 7) is 7.35. The Bertz CT molecular complexity index is 258. The van der Waals surface area contributed by atoms with Crippen LogP contribution in [0.3, 0.4) is 0 Å². The van der Waals surface area contributed by atoms with Crippen molar-refractivity contribution in [1.29, 1.82) is 0 Å². The fraction of sp³-hybridized carbons (Fsp3) is 1.00. The maximum atomic E-state index is 9.85. The first kappa shape index (κ1) is 31.9. The number of halogens is 1. The van der Waals surface area contributed by atoms with Crippen LogP contribution in [0, 0.1) is 0 Å². The molecule has 0 rings (SSSR count). The van der Waals surface area contributed by atoms with Crippen LogP contribution in [0.15, 0.2) is 0 Å². The SMILES string of the molecule is CCCCCCCC[P+](CCO)(CCCCCCCC)CCCCCCCC.[Cl-]. The average Bonchev–Trinajstić information content (AvgIpc) is 2.70. The molecule has 0 saturated carbocycles. The Morgan fingerprint density at radius 2 is 0.690 bits per heavy atom. The lowest BCUT2D eigenvalue weighted by Crippen LogP contribution is -3.00. The molecule has 0 radical (unpaired) electrons. The fourth-order valence-corrected chi connectivity index (χ4v) is 9.01. The smallest absolute Gasteiger partial charge is 0.0825 e. The lowest BCUT2D eigenvalue weighted by atomic mass is 10.1. The van der Waals surface area contributed by atoms with Gasteiger partial charge in [-0.15, -0.1) is 0 Å². The van der Waals surface area contributed by atoms with E-state index >= 15 is 0 Å². The van der Waals surface area contributed by atoms with E-state index in [1.165, 1.54) is 134 Å². The van der Waals surface area contributed by atoms with Gasteiger partial charge in [-0.05, 0) is 38.5 Å². The molecule has 3 heteroatoms. The zero-order valence-corrected chi connectivity index (χ0v) is 22.2. The van der Waals surface area contributed by atoms with E-state index in [9.17, 15) is 5.11 Å². The number of unbranched alkanes of at least 4 members (excludes halogenated alkanes) is 15. The van der Waals surface area contributed by atoms with Crippen molar-refractivity contribution in [3.8, 4) is 0 Å². The van der Waals surface area contributed by atoms with Gasteiger partial charge in [-0.25, -0.2) is 0 Å². The lowest BCUT2D eigenvalue weighted by Gasteiger charge is -2.27. The first-order valence-corrected chi connectivity index (χ1v) is 15.7. The molecule has 0 unspecified atom stereocenters. The van der Waals surface area contributed by atoms with E-state index in [4.69, 9.17) is 0 Å². The van der Waals surface area contributed by atoms with Gasteiger partial charge in [-0.1, -0.05) is 97.8 Å². The van der Waals surface area contributed by atoms with Gasteiger partial charge in [0.2, 0.25) is 0 Å². The van der Waals surface area contributed by atoms with Crippen molar-refractivity contribution in [3.05, 3.63) is 0 Å². The molecule has 0 fully saturated rings. The molecule has 0 amide bonds. The Kier molecular flexibility index (Phi) is 27.4. The Labute approximate surface area is 192 Å². The first-order chi connectivity index (χ1) is 13.7. The van der Waals surface area contributed by atoms with Crippen LogP contribution < -0.4 is 12.4 Å². The van der Waals surface area contributed by atoms with Gasteiger partial charge in [0, 0.05) is 7.26 Å². The number of aliphatic hydroxyl groups excluding tert-OH is 1. The summed E-state index contributed by atoms with van der Waals surface area (Å²) in [6, 6.07) is 0. The third-order valence-electron chi connectivity index (χ3n) is 6.53. The maximum absolute atomic E-state index is 9.85. The van der Waals surface area contributed by atoms with Crippen molar-refractivity contribution in [1.82, 2.24) is 0 Å². The van der Waals surface area contributed by atoms with Gasteiger partial charge in [0.25, 0.3) is 0 Å². The van der Waals surface area contributed by atoms with Crippen molar-refractivity contribution in [2.75, 3.05) is 31.3 Å². The summed E-state index contributed by atoms with van der Waals surface area (Å²) in [4.78, 5) is 0. The monoisotopic (exact) mass is 450 g/mol. The van der Waals surface area contributed by atoms with E-state index < -0.39 is 7.26 Å². The molecule has 0 aliphatic rings. The summed E-state index contributed by atoms with van der Waals surface area (Å²) in [5, 5.41) is 9.85. The molecular formula is C26H56ClOP. The molecule has 178 valence electrons. The molecule has 0 heterocycles. The predicted molar refractivity (Wildman–Crippen MR) is 134 cm³/mol. The number of hydrogen-bond donors (Lipinski definition) is 1. The molecule has 0 saturated heterocycles. The van der Waals surface area contributed by atoms with Gasteiger partial charge >= 0.3 is 0 Å². The van der Waals surface area contributed by atoms with E-state index in [-0.39, 0.29) is 12.4 Å². The highest BCUT2D eigenvalue weighted by Crippen LogP contribution is 2.60. The van der Waals surface area contributed by atoms with E-state index in [1.54, 1.807) is 0 Å². The average molecular weight is 451 g/mol. The van der Waals surface area contributed by atoms with Gasteiger partial charge in [0.05, 0.1) is 31.3 Å². The van der Waals surface area contributed by atoms with Crippen LogP contribution in [-0.2, 0) is 0 Å². The second kappa shape index (κ2) is 24.9. The topological polar surface area (TPSA) is 20.2 Å². The third kappa shape index (κ3) is 20.3. The minimum absolute atomic E-state index is 0. The van der Waals surface area contributed by atoms with Gasteiger partial charge in [-0.3, -0.25) is 0 Å². The quantitative estimate of drug-likeness (QED) is 0.148. The normalized spacial score (nSPS) is 11.6. The van der Waals surface area contributed by atoms with Crippen molar-refractivity contribution in [3.63, 3.8) is 0 Å². The van der Waals surface area contributed by atoms with E-state index in [0.29, 0.717) is 6.61 Å². The lowest BCUT2D eigenvalue weighted by molar-refractivity contribution is -0.00000754. The second-order valence-corrected chi connectivity index (χ2v) is 13.7. The van der Waals surface area contributed by atoms with Gasteiger partial charge in [-0.2, -0.15) is 0 Å². The molecule has 0 atom stereocenters. The highest BCUT2D eigenvalue weighted by molar-refractivity contribution is 7.75. The minimum Gasteiger partial charge on any atom is -1.00 e. The van der Waals surface area contributed by atoms with Crippen molar-refractivity contribution in [2.24, 2.45) is 0 Å². The Morgan fingerprint density at radius 1 is 0.414 bits per heavy atom. The second-order valence-electron chi connectivity index (χ2n) is 9.26. The van der Waals surface area contributed by atoms with Gasteiger partial charge in [0.15, 0.2) is 0 Å². The Balaban J connectivity index is 0. The summed E-state index contributed by atoms with van der Waals surface area (Å²) >= 11 is 0. The van der Waals surface area contributed by atoms with Crippen LogP contribution in [0.25, 0.3) is 0 Å². The van der Waals surface area contributed by atoms with Crippen LogP contribution in [0.4, 0.5) is 0 Å². The summed E-state index contributed by atoms with van der Waals surface area (Å²) in [7, 11) is -0.913. The molecule has 0 aliphatic heterocycles. The van der Waals surface area contributed by atoms with Crippen LogP contribution >= 0.6 is 7.26 Å². The van der Waals surface area contributed by atoms with Crippen molar-refractivity contribution in [2.45, 2.75) is 136 Å². The van der Waals surface area contributed by atoms with E-state index in [1.807, 2.05) is 0 Å². The van der Waals surface area contributed by atoms with Crippen LogP contribution in [0.5, 0.6) is 0 Å². The number of rotatable bonds is 23.